The molecule has 28 heavy (non-hydrogen) atoms. The minimum atomic E-state index is -0.582. The van der Waals surface area contributed by atoms with Gasteiger partial charge in [-0.3, -0.25) is 4.79 Å². The van der Waals surface area contributed by atoms with Gasteiger partial charge in [0.2, 0.25) is 5.78 Å². The zero-order chi connectivity index (χ0) is 20.8. The Bertz CT molecular complexity index is 925. The molecule has 5 nitrogen and oxygen atoms in total. The van der Waals surface area contributed by atoms with Crippen molar-refractivity contribution in [2.45, 2.75) is 27.7 Å². The first kappa shape index (κ1) is 21.2. The Hall–Kier alpha value is -3.08. The summed E-state index contributed by atoms with van der Waals surface area (Å²) in [4.78, 5) is 24.5. The van der Waals surface area contributed by atoms with E-state index in [9.17, 15) is 9.59 Å². The third kappa shape index (κ3) is 4.80. The van der Waals surface area contributed by atoms with E-state index in [4.69, 9.17) is 14.2 Å². The quantitative estimate of drug-likeness (QED) is 0.404. The maximum atomic E-state index is 12.5. The summed E-state index contributed by atoms with van der Waals surface area (Å²) < 4.78 is 15.5. The first-order valence-electron chi connectivity index (χ1n) is 8.96. The number of ketones is 1. The molecule has 0 aliphatic rings. The first-order valence-corrected chi connectivity index (χ1v) is 8.96. The van der Waals surface area contributed by atoms with Gasteiger partial charge in [-0.25, -0.2) is 4.79 Å². The molecule has 0 aliphatic carbocycles. The van der Waals surface area contributed by atoms with Gasteiger partial charge in [-0.1, -0.05) is 6.07 Å². The maximum absolute atomic E-state index is 12.5. The van der Waals surface area contributed by atoms with Crippen molar-refractivity contribution < 1.29 is 23.8 Å². The standard InChI is InChI=1S/C23H26O5/c1-14-11-19(17(4)16(3)15(14)2)20(24)13-28-23(25)10-8-18-7-9-21(26-5)22(12-18)27-6/h7-12H,13H2,1-6H3/b10-8+. The summed E-state index contributed by atoms with van der Waals surface area (Å²) in [5, 5.41) is 0. The molecule has 2 rings (SSSR count). The van der Waals surface area contributed by atoms with Gasteiger partial charge in [0.25, 0.3) is 0 Å². The number of carbonyl (C=O) groups excluding carboxylic acids is 2. The molecule has 0 unspecified atom stereocenters. The monoisotopic (exact) mass is 382 g/mol. The third-order valence-electron chi connectivity index (χ3n) is 4.95. The molecule has 0 fully saturated rings. The van der Waals surface area contributed by atoms with Crippen molar-refractivity contribution in [2.24, 2.45) is 0 Å². The Morgan fingerprint density at radius 3 is 2.21 bits per heavy atom. The summed E-state index contributed by atoms with van der Waals surface area (Å²) in [6, 6.07) is 7.14. The molecular formula is C23H26O5. The highest BCUT2D eigenvalue weighted by Crippen LogP contribution is 2.28. The highest BCUT2D eigenvalue weighted by molar-refractivity contribution is 6.00. The average molecular weight is 382 g/mol. The number of methoxy groups -OCH3 is 2. The van der Waals surface area contributed by atoms with Crippen LogP contribution in [0.1, 0.15) is 38.2 Å². The fourth-order valence-electron chi connectivity index (χ4n) is 2.88. The summed E-state index contributed by atoms with van der Waals surface area (Å²) >= 11 is 0. The van der Waals surface area contributed by atoms with Crippen molar-refractivity contribution >= 4 is 17.8 Å². The van der Waals surface area contributed by atoms with Crippen molar-refractivity contribution in [3.8, 4) is 11.5 Å². The summed E-state index contributed by atoms with van der Waals surface area (Å²) in [5.74, 6) is 0.374. The lowest BCUT2D eigenvalue weighted by atomic mass is 9.93. The van der Waals surface area contributed by atoms with Crippen LogP contribution in [0.15, 0.2) is 30.3 Å². The topological polar surface area (TPSA) is 61.8 Å². The summed E-state index contributed by atoms with van der Waals surface area (Å²) in [6.45, 7) is 7.61. The highest BCUT2D eigenvalue weighted by atomic mass is 16.5. The van der Waals surface area contributed by atoms with Crippen molar-refractivity contribution in [3.63, 3.8) is 0 Å². The SMILES string of the molecule is COc1ccc(/C=C/C(=O)OCC(=O)c2cc(C)c(C)c(C)c2C)cc1OC. The molecule has 0 heterocycles. The Labute approximate surface area is 165 Å². The number of rotatable bonds is 7. The van der Waals surface area contributed by atoms with Gasteiger partial charge in [0.15, 0.2) is 18.1 Å². The van der Waals surface area contributed by atoms with Crippen molar-refractivity contribution in [3.05, 3.63) is 63.7 Å². The van der Waals surface area contributed by atoms with Gasteiger partial charge >= 0.3 is 5.97 Å². The van der Waals surface area contributed by atoms with Gasteiger partial charge in [0.05, 0.1) is 14.2 Å². The number of hydrogen-bond acceptors (Lipinski definition) is 5. The Morgan fingerprint density at radius 1 is 0.893 bits per heavy atom. The van der Waals surface area contributed by atoms with E-state index in [1.807, 2.05) is 33.8 Å². The molecule has 0 amide bonds. The molecule has 0 saturated heterocycles. The van der Waals surface area contributed by atoms with Gasteiger partial charge in [0.1, 0.15) is 0 Å². The number of aryl methyl sites for hydroxylation is 1. The van der Waals surface area contributed by atoms with Crippen molar-refractivity contribution in [1.82, 2.24) is 0 Å². The van der Waals surface area contributed by atoms with E-state index in [0.717, 1.165) is 22.3 Å². The second kappa shape index (κ2) is 9.22. The molecule has 0 atom stereocenters. The number of carbonyl (C=O) groups is 2. The smallest absolute Gasteiger partial charge is 0.331 e. The summed E-state index contributed by atoms with van der Waals surface area (Å²) in [5.41, 5.74) is 5.57. The van der Waals surface area contributed by atoms with E-state index in [0.29, 0.717) is 17.1 Å². The summed E-state index contributed by atoms with van der Waals surface area (Å²) in [6.07, 6.45) is 2.88. The fourth-order valence-corrected chi connectivity index (χ4v) is 2.88. The molecule has 0 saturated carbocycles. The van der Waals surface area contributed by atoms with Gasteiger partial charge < -0.3 is 14.2 Å². The van der Waals surface area contributed by atoms with Crippen LogP contribution >= 0.6 is 0 Å². The third-order valence-corrected chi connectivity index (χ3v) is 4.95. The van der Waals surface area contributed by atoms with Crippen LogP contribution in [-0.4, -0.2) is 32.6 Å². The Kier molecular flexibility index (Phi) is 6.99. The van der Waals surface area contributed by atoms with Gasteiger partial charge in [-0.15, -0.1) is 0 Å². The lowest BCUT2D eigenvalue weighted by Crippen LogP contribution is -2.15. The Balaban J connectivity index is 2.03. The number of esters is 1. The van der Waals surface area contributed by atoms with Crippen LogP contribution in [0.4, 0.5) is 0 Å². The van der Waals surface area contributed by atoms with Crippen molar-refractivity contribution in [2.75, 3.05) is 20.8 Å². The molecule has 0 spiro atoms. The minimum Gasteiger partial charge on any atom is -0.493 e. The number of Topliss-reactive ketones (excluding diaryl/α,β-unsaturated/α-hetero) is 1. The van der Waals surface area contributed by atoms with E-state index in [2.05, 4.69) is 0 Å². The second-order valence-electron chi connectivity index (χ2n) is 6.59. The van der Waals surface area contributed by atoms with Crippen LogP contribution in [0.25, 0.3) is 6.08 Å². The molecular weight excluding hydrogens is 356 g/mol. The van der Waals surface area contributed by atoms with Crippen LogP contribution in [0.2, 0.25) is 0 Å². The lowest BCUT2D eigenvalue weighted by molar-refractivity contribution is -0.136. The molecule has 5 heteroatoms. The van der Waals surface area contributed by atoms with E-state index >= 15 is 0 Å². The van der Waals surface area contributed by atoms with Crippen molar-refractivity contribution in [1.29, 1.82) is 0 Å². The summed E-state index contributed by atoms with van der Waals surface area (Å²) in [7, 11) is 3.10. The Morgan fingerprint density at radius 2 is 1.57 bits per heavy atom. The normalized spacial score (nSPS) is 10.8. The van der Waals surface area contributed by atoms with Crippen LogP contribution in [0.5, 0.6) is 11.5 Å². The molecule has 0 N–H and O–H groups in total. The lowest BCUT2D eigenvalue weighted by Gasteiger charge is -2.13. The molecule has 2 aromatic rings. The molecule has 0 aromatic heterocycles. The molecule has 0 bridgehead atoms. The van der Waals surface area contributed by atoms with E-state index < -0.39 is 5.97 Å². The van der Waals surface area contributed by atoms with E-state index in [-0.39, 0.29) is 12.4 Å². The fraction of sp³-hybridized carbons (Fsp3) is 0.304. The zero-order valence-corrected chi connectivity index (χ0v) is 17.2. The number of benzene rings is 2. The number of ether oxygens (including phenoxy) is 3. The van der Waals surface area contributed by atoms with Crippen LogP contribution < -0.4 is 9.47 Å². The van der Waals surface area contributed by atoms with Crippen LogP contribution in [-0.2, 0) is 9.53 Å². The molecule has 0 aliphatic heterocycles. The second-order valence-corrected chi connectivity index (χ2v) is 6.59. The van der Waals surface area contributed by atoms with Gasteiger partial charge in [-0.2, -0.15) is 0 Å². The van der Waals surface area contributed by atoms with Crippen LogP contribution in [0, 0.1) is 27.7 Å². The average Bonchev–Trinajstić information content (AvgIpc) is 2.71. The molecule has 148 valence electrons. The highest BCUT2D eigenvalue weighted by Gasteiger charge is 2.15. The first-order chi connectivity index (χ1) is 13.3. The molecule has 2 aromatic carbocycles. The van der Waals surface area contributed by atoms with Gasteiger partial charge in [-0.05, 0) is 79.8 Å². The molecule has 0 radical (unpaired) electrons. The predicted molar refractivity (Wildman–Crippen MR) is 109 cm³/mol. The minimum absolute atomic E-state index is 0.212. The van der Waals surface area contributed by atoms with Gasteiger partial charge in [0, 0.05) is 11.6 Å². The van der Waals surface area contributed by atoms with Crippen LogP contribution in [0.3, 0.4) is 0 Å². The van der Waals surface area contributed by atoms with E-state index in [1.54, 1.807) is 38.5 Å². The van der Waals surface area contributed by atoms with E-state index in [1.165, 1.54) is 11.6 Å². The maximum Gasteiger partial charge on any atom is 0.331 e. The largest absolute Gasteiger partial charge is 0.493 e. The number of hydrogen-bond donors (Lipinski definition) is 0. The zero-order valence-electron chi connectivity index (χ0n) is 17.2. The predicted octanol–water partition coefficient (Wildman–Crippen LogP) is 4.38.